The normalized spacial score (nSPS) is 10.8. The molecule has 7 heteroatoms. The molecule has 0 saturated heterocycles. The lowest BCUT2D eigenvalue weighted by Crippen LogP contribution is -2.36. The van der Waals surface area contributed by atoms with Crippen molar-refractivity contribution in [3.63, 3.8) is 0 Å². The van der Waals surface area contributed by atoms with Gasteiger partial charge in [-0.15, -0.1) is 11.3 Å². The Bertz CT molecular complexity index is 675. The van der Waals surface area contributed by atoms with Crippen LogP contribution in [0, 0.1) is 5.82 Å². The smallest absolute Gasteiger partial charge is 0.315 e. The Morgan fingerprint density at radius 3 is 2.87 bits per heavy atom. The number of amides is 2. The molecule has 0 atom stereocenters. The minimum absolute atomic E-state index is 0.265. The molecule has 2 N–H and O–H groups in total. The molecule has 0 radical (unpaired) electrons. The van der Waals surface area contributed by atoms with Gasteiger partial charge >= 0.3 is 6.03 Å². The number of benzene rings is 1. The highest BCUT2D eigenvalue weighted by Crippen LogP contribution is 2.19. The summed E-state index contributed by atoms with van der Waals surface area (Å²) in [6, 6.07) is 4.50. The van der Waals surface area contributed by atoms with Crippen LogP contribution in [0.3, 0.4) is 0 Å². The number of urea groups is 1. The van der Waals surface area contributed by atoms with Gasteiger partial charge in [-0.3, -0.25) is 0 Å². The number of aromatic nitrogens is 1. The molecule has 1 heterocycles. The number of nitrogens with one attached hydrogen (secondary N) is 2. The number of thiazole rings is 1. The first-order valence-electron chi connectivity index (χ1n) is 7.35. The van der Waals surface area contributed by atoms with Gasteiger partial charge in [-0.2, -0.15) is 0 Å². The van der Waals surface area contributed by atoms with Crippen molar-refractivity contribution in [2.24, 2.45) is 0 Å². The highest BCUT2D eigenvalue weighted by molar-refractivity contribution is 9.10. The van der Waals surface area contributed by atoms with Gasteiger partial charge in [0.15, 0.2) is 0 Å². The van der Waals surface area contributed by atoms with E-state index in [2.05, 4.69) is 45.4 Å². The third-order valence-corrected chi connectivity index (χ3v) is 4.87. The Morgan fingerprint density at radius 2 is 2.17 bits per heavy atom. The van der Waals surface area contributed by atoms with E-state index in [0.29, 0.717) is 31.0 Å². The van der Waals surface area contributed by atoms with Crippen LogP contribution in [0.2, 0.25) is 0 Å². The maximum absolute atomic E-state index is 13.6. The van der Waals surface area contributed by atoms with Crippen molar-refractivity contribution < 1.29 is 9.18 Å². The van der Waals surface area contributed by atoms with E-state index in [1.165, 1.54) is 6.07 Å². The van der Waals surface area contributed by atoms with Crippen molar-refractivity contribution in [3.05, 3.63) is 50.1 Å². The highest BCUT2D eigenvalue weighted by Gasteiger charge is 2.08. The lowest BCUT2D eigenvalue weighted by molar-refractivity contribution is 0.240. The summed E-state index contributed by atoms with van der Waals surface area (Å²) < 4.78 is 14.4. The highest BCUT2D eigenvalue weighted by atomic mass is 79.9. The Hall–Kier alpha value is -1.47. The Morgan fingerprint density at radius 1 is 1.39 bits per heavy atom. The minimum atomic E-state index is -0.278. The van der Waals surface area contributed by atoms with E-state index in [1.54, 1.807) is 23.5 Å². The molecule has 0 saturated carbocycles. The van der Waals surface area contributed by atoms with Crippen LogP contribution in [0.4, 0.5) is 9.18 Å². The predicted octanol–water partition coefficient (Wildman–Crippen LogP) is 4.21. The van der Waals surface area contributed by atoms with Crippen LogP contribution < -0.4 is 10.6 Å². The summed E-state index contributed by atoms with van der Waals surface area (Å²) in [5.41, 5.74) is 1.42. The van der Waals surface area contributed by atoms with E-state index in [4.69, 9.17) is 0 Å². The Balaban J connectivity index is 1.73. The predicted molar refractivity (Wildman–Crippen MR) is 94.2 cm³/mol. The summed E-state index contributed by atoms with van der Waals surface area (Å²) in [6.45, 7) is 4.93. The molecule has 1 aromatic carbocycles. The number of carbonyl (C=O) groups excluding carboxylic acids is 1. The molecule has 0 aliphatic heterocycles. The third-order valence-electron chi connectivity index (χ3n) is 3.18. The van der Waals surface area contributed by atoms with Crippen LogP contribution in [0.15, 0.2) is 28.1 Å². The fourth-order valence-corrected chi connectivity index (χ4v) is 3.19. The van der Waals surface area contributed by atoms with Gasteiger partial charge in [0.05, 0.1) is 17.2 Å². The van der Waals surface area contributed by atoms with Crippen molar-refractivity contribution in [2.75, 3.05) is 6.54 Å². The number of halogens is 2. The summed E-state index contributed by atoms with van der Waals surface area (Å²) >= 11 is 4.91. The Kier molecular flexibility index (Phi) is 6.53. The second-order valence-corrected chi connectivity index (χ2v) is 7.23. The second kappa shape index (κ2) is 8.40. The van der Waals surface area contributed by atoms with Gasteiger partial charge in [0.1, 0.15) is 5.82 Å². The first-order chi connectivity index (χ1) is 11.0. The first-order valence-corrected chi connectivity index (χ1v) is 9.03. The molecule has 0 aliphatic rings. The summed E-state index contributed by atoms with van der Waals surface area (Å²) in [6.07, 6.45) is 0.437. The zero-order chi connectivity index (χ0) is 16.8. The third kappa shape index (κ3) is 5.58. The maximum Gasteiger partial charge on any atom is 0.315 e. The first kappa shape index (κ1) is 17.9. The summed E-state index contributed by atoms with van der Waals surface area (Å²) in [4.78, 5) is 16.2. The number of carbonyl (C=O) groups is 1. The molecule has 0 fully saturated rings. The molecule has 2 rings (SSSR count). The fraction of sp³-hybridized carbons (Fsp3) is 0.375. The molecule has 4 nitrogen and oxygen atoms in total. The molecule has 2 amide bonds. The molecular weight excluding hydrogens is 381 g/mol. The average molecular weight is 400 g/mol. The van der Waals surface area contributed by atoms with Gasteiger partial charge in [-0.1, -0.05) is 29.8 Å². The van der Waals surface area contributed by atoms with Gasteiger partial charge in [-0.05, 0) is 30.2 Å². The molecule has 1 aromatic heterocycles. The maximum atomic E-state index is 13.6. The molecule has 2 aromatic rings. The SMILES string of the molecule is CC(C)c1nc(CNC(=O)NCCc2cc(Br)ccc2F)cs1. The zero-order valence-electron chi connectivity index (χ0n) is 13.0. The summed E-state index contributed by atoms with van der Waals surface area (Å²) in [5, 5.41) is 8.49. The minimum Gasteiger partial charge on any atom is -0.338 e. The number of hydrogen-bond donors (Lipinski definition) is 2. The van der Waals surface area contributed by atoms with Gasteiger partial charge < -0.3 is 10.6 Å². The lowest BCUT2D eigenvalue weighted by Gasteiger charge is -2.07. The molecule has 0 spiro atoms. The van der Waals surface area contributed by atoms with Crippen LogP contribution >= 0.6 is 27.3 Å². The standard InChI is InChI=1S/C16H19BrFN3OS/c1-10(2)15-21-13(9-23-15)8-20-16(22)19-6-5-11-7-12(17)3-4-14(11)18/h3-4,7,9-10H,5-6,8H2,1-2H3,(H2,19,20,22). The number of nitrogens with zero attached hydrogens (tertiary/aromatic N) is 1. The molecule has 124 valence electrons. The van der Waals surface area contributed by atoms with Crippen molar-refractivity contribution in [3.8, 4) is 0 Å². The molecular formula is C16H19BrFN3OS. The quantitative estimate of drug-likeness (QED) is 0.763. The van der Waals surface area contributed by atoms with Gasteiger partial charge in [0.25, 0.3) is 0 Å². The van der Waals surface area contributed by atoms with Crippen molar-refractivity contribution in [1.82, 2.24) is 15.6 Å². The van der Waals surface area contributed by atoms with E-state index in [-0.39, 0.29) is 11.8 Å². The molecule has 23 heavy (non-hydrogen) atoms. The van der Waals surface area contributed by atoms with E-state index in [1.807, 2.05) is 5.38 Å². The van der Waals surface area contributed by atoms with Gasteiger partial charge in [0, 0.05) is 22.3 Å². The molecule has 0 aliphatic carbocycles. The van der Waals surface area contributed by atoms with Gasteiger partial charge in [0.2, 0.25) is 0 Å². The molecule has 0 unspecified atom stereocenters. The average Bonchev–Trinajstić information content (AvgIpc) is 2.98. The Labute approximate surface area is 147 Å². The van der Waals surface area contributed by atoms with Crippen LogP contribution in [0.25, 0.3) is 0 Å². The van der Waals surface area contributed by atoms with E-state index >= 15 is 0 Å². The second-order valence-electron chi connectivity index (χ2n) is 5.43. The van der Waals surface area contributed by atoms with E-state index in [9.17, 15) is 9.18 Å². The van der Waals surface area contributed by atoms with Crippen molar-refractivity contribution in [2.45, 2.75) is 32.7 Å². The van der Waals surface area contributed by atoms with Crippen LogP contribution in [0.1, 0.15) is 36.0 Å². The number of rotatable bonds is 6. The number of hydrogen-bond acceptors (Lipinski definition) is 3. The monoisotopic (exact) mass is 399 g/mol. The zero-order valence-corrected chi connectivity index (χ0v) is 15.4. The summed E-state index contributed by atoms with van der Waals surface area (Å²) in [5.74, 6) is 0.127. The van der Waals surface area contributed by atoms with Crippen molar-refractivity contribution >= 4 is 33.3 Å². The van der Waals surface area contributed by atoms with Crippen LogP contribution in [0.5, 0.6) is 0 Å². The fourth-order valence-electron chi connectivity index (χ4n) is 1.95. The van der Waals surface area contributed by atoms with Gasteiger partial charge in [-0.25, -0.2) is 14.2 Å². The summed E-state index contributed by atoms with van der Waals surface area (Å²) in [7, 11) is 0. The lowest BCUT2D eigenvalue weighted by atomic mass is 10.1. The largest absolute Gasteiger partial charge is 0.338 e. The van der Waals surface area contributed by atoms with Crippen molar-refractivity contribution in [1.29, 1.82) is 0 Å². The topological polar surface area (TPSA) is 54.0 Å². The van der Waals surface area contributed by atoms with Crippen LogP contribution in [-0.4, -0.2) is 17.6 Å². The molecule has 0 bridgehead atoms. The van der Waals surface area contributed by atoms with E-state index in [0.717, 1.165) is 15.2 Å². The van der Waals surface area contributed by atoms with E-state index < -0.39 is 0 Å². The van der Waals surface area contributed by atoms with Crippen LogP contribution in [-0.2, 0) is 13.0 Å².